The van der Waals surface area contributed by atoms with Gasteiger partial charge < -0.3 is 15.6 Å². The van der Waals surface area contributed by atoms with Gasteiger partial charge >= 0.3 is 11.9 Å². The Labute approximate surface area is 147 Å². The number of ether oxygens (including phenoxy) is 1. The Morgan fingerprint density at radius 2 is 2.17 bits per heavy atom. The maximum absolute atomic E-state index is 12.3. The van der Waals surface area contributed by atoms with E-state index in [4.69, 9.17) is 15.6 Å². The lowest BCUT2D eigenvalue weighted by atomic mass is 9.84. The zero-order valence-corrected chi connectivity index (χ0v) is 15.2. The van der Waals surface area contributed by atoms with Gasteiger partial charge in [0.05, 0.1) is 5.92 Å². The summed E-state index contributed by atoms with van der Waals surface area (Å²) in [5, 5.41) is 8.85. The van der Waals surface area contributed by atoms with Crippen molar-refractivity contribution in [1.29, 1.82) is 0 Å². The smallest absolute Gasteiger partial charge is 0.321 e. The van der Waals surface area contributed by atoms with Crippen LogP contribution >= 0.6 is 11.8 Å². The molecule has 1 fully saturated rings. The molecule has 1 heterocycles. The maximum Gasteiger partial charge on any atom is 0.321 e. The van der Waals surface area contributed by atoms with E-state index in [2.05, 4.69) is 26.0 Å². The van der Waals surface area contributed by atoms with Crippen LogP contribution in [-0.2, 0) is 14.3 Å². The molecule has 0 spiro atoms. The van der Waals surface area contributed by atoms with Crippen LogP contribution in [0.5, 0.6) is 0 Å². The number of thioether (sulfide) groups is 1. The number of hydrogen-bond acceptors (Lipinski definition) is 5. The second kappa shape index (κ2) is 8.72. The topological polar surface area (TPSA) is 89.6 Å². The Balaban J connectivity index is 2.04. The number of aliphatic carboxylic acids is 1. The summed E-state index contributed by atoms with van der Waals surface area (Å²) in [7, 11) is 0. The summed E-state index contributed by atoms with van der Waals surface area (Å²) in [6.45, 7) is 4.23. The number of carbonyl (C=O) groups is 2. The molecule has 1 saturated heterocycles. The van der Waals surface area contributed by atoms with E-state index in [1.807, 2.05) is 0 Å². The number of nitrogens with two attached hydrogens (primary N) is 1. The number of rotatable bonds is 5. The molecule has 4 atom stereocenters. The second-order valence-corrected chi connectivity index (χ2v) is 7.87. The molecule has 1 aliphatic carbocycles. The van der Waals surface area contributed by atoms with Gasteiger partial charge in [0.25, 0.3) is 0 Å². The number of esters is 1. The van der Waals surface area contributed by atoms with Crippen molar-refractivity contribution in [2.24, 2.45) is 17.6 Å². The predicted molar refractivity (Wildman–Crippen MR) is 95.8 cm³/mol. The van der Waals surface area contributed by atoms with Crippen molar-refractivity contribution in [2.75, 3.05) is 11.5 Å². The third-order valence-corrected chi connectivity index (χ3v) is 5.95. The number of allylic oxidation sites excluding steroid dienone is 3. The van der Waals surface area contributed by atoms with Gasteiger partial charge in [-0.3, -0.25) is 9.59 Å². The highest BCUT2D eigenvalue weighted by atomic mass is 32.2. The lowest BCUT2D eigenvalue weighted by Gasteiger charge is -2.21. The molecule has 3 N–H and O–H groups in total. The van der Waals surface area contributed by atoms with Crippen LogP contribution in [0.2, 0.25) is 0 Å². The molecule has 0 aromatic carbocycles. The zero-order chi connectivity index (χ0) is 17.7. The number of carbonyl (C=O) groups excluding carboxylic acids is 1. The Kier molecular flexibility index (Phi) is 6.92. The average molecular weight is 353 g/mol. The van der Waals surface area contributed by atoms with Crippen molar-refractivity contribution < 1.29 is 19.4 Å². The molecule has 1 aliphatic heterocycles. The first-order chi connectivity index (χ1) is 11.4. The largest absolute Gasteiger partial charge is 0.480 e. The minimum Gasteiger partial charge on any atom is -0.480 e. The van der Waals surface area contributed by atoms with Gasteiger partial charge in [-0.2, -0.15) is 11.8 Å². The van der Waals surface area contributed by atoms with Gasteiger partial charge in [0, 0.05) is 17.4 Å². The highest BCUT2D eigenvalue weighted by Crippen LogP contribution is 2.37. The van der Waals surface area contributed by atoms with Gasteiger partial charge in [-0.25, -0.2) is 0 Å². The van der Waals surface area contributed by atoms with E-state index in [9.17, 15) is 9.59 Å². The van der Waals surface area contributed by atoms with E-state index < -0.39 is 12.0 Å². The van der Waals surface area contributed by atoms with Crippen molar-refractivity contribution in [2.45, 2.75) is 51.7 Å². The van der Waals surface area contributed by atoms with E-state index in [-0.39, 0.29) is 23.9 Å². The van der Waals surface area contributed by atoms with Crippen LogP contribution in [0.1, 0.15) is 39.5 Å². The highest BCUT2D eigenvalue weighted by Gasteiger charge is 2.43. The molecule has 0 amide bonds. The fourth-order valence-electron chi connectivity index (χ4n) is 3.23. The molecule has 2 aliphatic rings. The molecular formula is C18H27NO4S. The van der Waals surface area contributed by atoms with Crippen molar-refractivity contribution in [3.63, 3.8) is 0 Å². The molecule has 6 heteroatoms. The minimum atomic E-state index is -1.01. The molecule has 2 rings (SSSR count). The predicted octanol–water partition coefficient (Wildman–Crippen LogP) is 2.76. The Morgan fingerprint density at radius 1 is 1.42 bits per heavy atom. The number of fused-ring (bicyclic) bond motifs is 1. The first-order valence-electron chi connectivity index (χ1n) is 8.48. The first-order valence-corrected chi connectivity index (χ1v) is 9.63. The molecular weight excluding hydrogens is 326 g/mol. The highest BCUT2D eigenvalue weighted by molar-refractivity contribution is 7.99. The average Bonchev–Trinajstić information content (AvgIpc) is 2.80. The summed E-state index contributed by atoms with van der Waals surface area (Å²) >= 11 is 1.43. The van der Waals surface area contributed by atoms with E-state index in [0.29, 0.717) is 11.5 Å². The van der Waals surface area contributed by atoms with E-state index >= 15 is 0 Å². The van der Waals surface area contributed by atoms with Gasteiger partial charge in [0.1, 0.15) is 12.1 Å². The van der Waals surface area contributed by atoms with Crippen molar-refractivity contribution in [1.82, 2.24) is 0 Å². The van der Waals surface area contributed by atoms with Gasteiger partial charge in [0.2, 0.25) is 0 Å². The van der Waals surface area contributed by atoms with Crippen LogP contribution in [-0.4, -0.2) is 40.7 Å². The summed E-state index contributed by atoms with van der Waals surface area (Å²) < 4.78 is 5.62. The SMILES string of the molecule is CC1=C[C@H]2OC(=O)C(CSC[C@H](N)C(=O)O)[C@@H]2CCC(C)=CCC1. The molecule has 0 bridgehead atoms. The molecule has 0 radical (unpaired) electrons. The number of hydrogen-bond donors (Lipinski definition) is 2. The van der Waals surface area contributed by atoms with Crippen LogP contribution in [0.4, 0.5) is 0 Å². The van der Waals surface area contributed by atoms with Crippen molar-refractivity contribution in [3.8, 4) is 0 Å². The molecule has 134 valence electrons. The maximum atomic E-state index is 12.3. The Hall–Kier alpha value is -1.27. The molecule has 0 saturated carbocycles. The summed E-state index contributed by atoms with van der Waals surface area (Å²) in [4.78, 5) is 23.1. The molecule has 5 nitrogen and oxygen atoms in total. The lowest BCUT2D eigenvalue weighted by Crippen LogP contribution is -2.33. The Morgan fingerprint density at radius 3 is 2.88 bits per heavy atom. The van der Waals surface area contributed by atoms with E-state index in [1.54, 1.807) is 0 Å². The van der Waals surface area contributed by atoms with E-state index in [1.165, 1.54) is 22.9 Å². The van der Waals surface area contributed by atoms with Gasteiger partial charge in [-0.1, -0.05) is 17.2 Å². The minimum absolute atomic E-state index is 0.151. The van der Waals surface area contributed by atoms with Gasteiger partial charge in [-0.15, -0.1) is 0 Å². The van der Waals surface area contributed by atoms with Crippen LogP contribution < -0.4 is 5.73 Å². The van der Waals surface area contributed by atoms with Crippen LogP contribution in [0, 0.1) is 11.8 Å². The zero-order valence-electron chi connectivity index (χ0n) is 14.4. The monoisotopic (exact) mass is 353 g/mol. The third kappa shape index (κ3) is 5.11. The molecule has 0 aromatic heterocycles. The molecule has 1 unspecified atom stereocenters. The standard InChI is InChI=1S/C18H27NO4S/c1-11-4-3-5-12(2)8-16-13(7-6-11)14(18(22)23-16)9-24-10-15(19)17(20)21/h4,8,13-16H,3,5-7,9-10,19H2,1-2H3,(H,20,21)/t13-,14?,15-,16+/m0/s1. The van der Waals surface area contributed by atoms with Crippen LogP contribution in [0.25, 0.3) is 0 Å². The molecule has 24 heavy (non-hydrogen) atoms. The first kappa shape index (κ1) is 19.1. The van der Waals surface area contributed by atoms with E-state index in [0.717, 1.165) is 25.7 Å². The third-order valence-electron chi connectivity index (χ3n) is 4.76. The van der Waals surface area contributed by atoms with Gasteiger partial charge in [-0.05, 0) is 45.6 Å². The van der Waals surface area contributed by atoms with Crippen molar-refractivity contribution >= 4 is 23.7 Å². The second-order valence-electron chi connectivity index (χ2n) is 6.79. The van der Waals surface area contributed by atoms with Crippen LogP contribution in [0.3, 0.4) is 0 Å². The fraction of sp³-hybridized carbons (Fsp3) is 0.667. The number of carboxylic acid groups (broad SMARTS) is 1. The summed E-state index contributed by atoms with van der Waals surface area (Å²) in [6, 6.07) is -0.889. The van der Waals surface area contributed by atoms with Gasteiger partial charge in [0.15, 0.2) is 0 Å². The fourth-order valence-corrected chi connectivity index (χ4v) is 4.40. The Bertz CT molecular complexity index is 543. The number of carboxylic acids is 1. The van der Waals surface area contributed by atoms with Crippen molar-refractivity contribution in [3.05, 3.63) is 23.3 Å². The summed E-state index contributed by atoms with van der Waals surface area (Å²) in [6.07, 6.45) is 8.15. The summed E-state index contributed by atoms with van der Waals surface area (Å²) in [5.41, 5.74) is 8.15. The lowest BCUT2D eigenvalue weighted by molar-refractivity contribution is -0.142. The van der Waals surface area contributed by atoms with Crippen LogP contribution in [0.15, 0.2) is 23.3 Å². The normalized spacial score (nSPS) is 29.1. The molecule has 0 aromatic rings. The quantitative estimate of drug-likeness (QED) is 0.583. The summed E-state index contributed by atoms with van der Waals surface area (Å²) in [5.74, 6) is -0.320.